The van der Waals surface area contributed by atoms with E-state index in [1.807, 2.05) is 44.2 Å². The van der Waals surface area contributed by atoms with E-state index in [1.54, 1.807) is 33.9 Å². The van der Waals surface area contributed by atoms with E-state index in [1.165, 1.54) is 0 Å². The number of morpholine rings is 1. The van der Waals surface area contributed by atoms with Crippen molar-refractivity contribution in [3.05, 3.63) is 61.2 Å². The average molecular weight is 595 g/mol. The number of carbonyl (C=O) groups is 3. The number of carbonyl (C=O) groups excluding carboxylic acids is 3. The summed E-state index contributed by atoms with van der Waals surface area (Å²) in [5.41, 5.74) is -1.41. The predicted molar refractivity (Wildman–Crippen MR) is 162 cm³/mol. The molecule has 5 rings (SSSR count). The molecule has 1 N–H and O–H groups in total. The molecule has 1 spiro atoms. The minimum absolute atomic E-state index is 0.0802. The number of aliphatic hydroxyl groups excluding tert-OH is 1. The normalized spacial score (nSPS) is 32.4. The molecule has 43 heavy (non-hydrogen) atoms. The van der Waals surface area contributed by atoms with Gasteiger partial charge in [-0.2, -0.15) is 0 Å². The number of fused-ring (bicyclic) bond motifs is 1. The van der Waals surface area contributed by atoms with E-state index in [2.05, 4.69) is 18.1 Å². The van der Waals surface area contributed by atoms with Gasteiger partial charge in [-0.1, -0.05) is 49.4 Å². The van der Waals surface area contributed by atoms with Crippen molar-refractivity contribution in [2.75, 3.05) is 66.1 Å². The van der Waals surface area contributed by atoms with Gasteiger partial charge in [-0.25, -0.2) is 0 Å². The van der Waals surface area contributed by atoms with Crippen LogP contribution in [0.1, 0.15) is 31.9 Å². The second kappa shape index (κ2) is 12.5. The van der Waals surface area contributed by atoms with Gasteiger partial charge in [0.05, 0.1) is 43.3 Å². The number of hydrogen-bond acceptors (Lipinski definition) is 7. The van der Waals surface area contributed by atoms with Crippen LogP contribution in [-0.4, -0.2) is 126 Å². The van der Waals surface area contributed by atoms with Gasteiger partial charge in [0.15, 0.2) is 0 Å². The van der Waals surface area contributed by atoms with Gasteiger partial charge in [-0.15, -0.1) is 13.2 Å². The molecule has 0 saturated carbocycles. The molecule has 1 aromatic carbocycles. The summed E-state index contributed by atoms with van der Waals surface area (Å²) < 4.78 is 12.4. The van der Waals surface area contributed by atoms with Crippen LogP contribution in [0.3, 0.4) is 0 Å². The number of hydrogen-bond donors (Lipinski definition) is 1. The molecule has 0 aromatic heterocycles. The lowest BCUT2D eigenvalue weighted by Crippen LogP contribution is -2.58. The first-order valence-electron chi connectivity index (χ1n) is 15.4. The topological polar surface area (TPSA) is 103 Å². The highest BCUT2D eigenvalue weighted by atomic mass is 16.5. The van der Waals surface area contributed by atoms with Crippen LogP contribution >= 0.6 is 0 Å². The maximum absolute atomic E-state index is 14.8. The molecule has 4 fully saturated rings. The molecule has 7 atom stereocenters. The van der Waals surface area contributed by atoms with Gasteiger partial charge in [-0.3, -0.25) is 19.3 Å². The van der Waals surface area contributed by atoms with Crippen LogP contribution in [0.2, 0.25) is 0 Å². The molecule has 1 aromatic rings. The first kappa shape index (κ1) is 31.4. The highest BCUT2D eigenvalue weighted by Gasteiger charge is 2.80. The van der Waals surface area contributed by atoms with Gasteiger partial charge in [0.1, 0.15) is 11.6 Å². The third kappa shape index (κ3) is 5.22. The molecule has 3 unspecified atom stereocenters. The van der Waals surface area contributed by atoms with Crippen molar-refractivity contribution in [3.8, 4) is 0 Å². The Morgan fingerprint density at radius 1 is 1.14 bits per heavy atom. The Morgan fingerprint density at radius 2 is 1.81 bits per heavy atom. The quantitative estimate of drug-likeness (QED) is 0.368. The summed E-state index contributed by atoms with van der Waals surface area (Å²) in [5.74, 6) is -2.48. The van der Waals surface area contributed by atoms with Crippen molar-refractivity contribution in [1.82, 2.24) is 19.6 Å². The lowest BCUT2D eigenvalue weighted by molar-refractivity contribution is -0.157. The van der Waals surface area contributed by atoms with Crippen molar-refractivity contribution in [2.45, 2.75) is 43.6 Å². The number of likely N-dealkylation sites (tertiary alicyclic amines) is 1. The van der Waals surface area contributed by atoms with Crippen LogP contribution in [0.25, 0.3) is 0 Å². The van der Waals surface area contributed by atoms with Gasteiger partial charge < -0.3 is 29.3 Å². The van der Waals surface area contributed by atoms with Gasteiger partial charge in [0, 0.05) is 46.3 Å². The lowest BCUT2D eigenvalue weighted by atomic mass is 9.62. The summed E-state index contributed by atoms with van der Waals surface area (Å²) in [4.78, 5) is 50.7. The average Bonchev–Trinajstić information content (AvgIpc) is 3.52. The molecule has 10 nitrogen and oxygen atoms in total. The van der Waals surface area contributed by atoms with E-state index in [9.17, 15) is 19.5 Å². The monoisotopic (exact) mass is 594 g/mol. The van der Waals surface area contributed by atoms with Crippen LogP contribution in [0, 0.1) is 17.8 Å². The van der Waals surface area contributed by atoms with Gasteiger partial charge >= 0.3 is 0 Å². The maximum atomic E-state index is 14.8. The molecule has 3 amide bonds. The molecule has 2 bridgehead atoms. The predicted octanol–water partition coefficient (Wildman–Crippen LogP) is 1.72. The zero-order chi connectivity index (χ0) is 30.9. The third-order valence-electron chi connectivity index (χ3n) is 10.2. The van der Waals surface area contributed by atoms with Crippen molar-refractivity contribution >= 4 is 17.7 Å². The Balaban J connectivity index is 1.58. The first-order valence-corrected chi connectivity index (χ1v) is 15.4. The number of aliphatic hydroxyl groups is 1. The summed E-state index contributed by atoms with van der Waals surface area (Å²) in [5, 5.41) is 10.8. The molecule has 4 aliphatic heterocycles. The summed E-state index contributed by atoms with van der Waals surface area (Å²) in [6, 6.07) is 7.48. The standard InChI is InChI=1S/C33H46N4O6/c1-6-13-34(5)29(39)26-27-30(40)37(25(22-38)24-11-9-8-10-12-24)28(33(27)21-23(3)32(26,4)43-33)31(41)36(14-7-2)16-15-35-17-19-42-20-18-35/h6-12,23,25-28,38H,1-2,13-22H2,3-5H3/t23?,25-,26+,27+,28?,32-,33?/m1/s1. The molecular formula is C33H46N4O6. The smallest absolute Gasteiger partial charge is 0.248 e. The maximum Gasteiger partial charge on any atom is 0.248 e. The Labute approximate surface area is 254 Å². The summed E-state index contributed by atoms with van der Waals surface area (Å²) in [7, 11) is 1.70. The van der Waals surface area contributed by atoms with Crippen LogP contribution in [0.15, 0.2) is 55.6 Å². The summed E-state index contributed by atoms with van der Waals surface area (Å²) >= 11 is 0. The zero-order valence-electron chi connectivity index (χ0n) is 25.7. The summed E-state index contributed by atoms with van der Waals surface area (Å²) in [6.45, 7) is 15.9. The summed E-state index contributed by atoms with van der Waals surface area (Å²) in [6.07, 6.45) is 3.81. The largest absolute Gasteiger partial charge is 0.394 e. The van der Waals surface area contributed by atoms with E-state index < -0.39 is 35.1 Å². The number of likely N-dealkylation sites (N-methyl/N-ethyl adjacent to an activating group) is 1. The van der Waals surface area contributed by atoms with Gasteiger partial charge in [0.25, 0.3) is 0 Å². The van der Waals surface area contributed by atoms with Crippen LogP contribution in [0.4, 0.5) is 0 Å². The molecule has 4 saturated heterocycles. The minimum atomic E-state index is -1.21. The zero-order valence-corrected chi connectivity index (χ0v) is 25.7. The van der Waals surface area contributed by atoms with Crippen molar-refractivity contribution in [1.29, 1.82) is 0 Å². The van der Waals surface area contributed by atoms with Crippen LogP contribution in [-0.2, 0) is 23.9 Å². The Hall–Kier alpha value is -3.05. The van der Waals surface area contributed by atoms with E-state index in [4.69, 9.17) is 9.47 Å². The second-order valence-electron chi connectivity index (χ2n) is 12.6. The molecule has 4 aliphatic rings. The fraction of sp³-hybridized carbons (Fsp3) is 0.606. The number of nitrogens with zero attached hydrogens (tertiary/aromatic N) is 4. The molecule has 234 valence electrons. The number of benzene rings is 1. The molecule has 0 radical (unpaired) electrons. The van der Waals surface area contributed by atoms with Crippen molar-refractivity contribution in [3.63, 3.8) is 0 Å². The number of ether oxygens (including phenoxy) is 2. The SMILES string of the molecule is C=CCN(C)C(=O)[C@@H]1[C@H]2C(=O)N([C@H](CO)c3ccccc3)C(C(=O)N(CC=C)CCN3CCOCC3)C23CC(C)[C@@]1(C)O3. The van der Waals surface area contributed by atoms with Crippen LogP contribution < -0.4 is 0 Å². The Bertz CT molecular complexity index is 1220. The van der Waals surface area contributed by atoms with Crippen LogP contribution in [0.5, 0.6) is 0 Å². The van der Waals surface area contributed by atoms with E-state index in [-0.39, 0.29) is 30.2 Å². The lowest BCUT2D eigenvalue weighted by Gasteiger charge is -2.40. The van der Waals surface area contributed by atoms with Gasteiger partial charge in [-0.05, 0) is 24.8 Å². The first-order chi connectivity index (χ1) is 20.6. The molecule has 0 aliphatic carbocycles. The van der Waals surface area contributed by atoms with E-state index in [0.29, 0.717) is 45.8 Å². The van der Waals surface area contributed by atoms with E-state index >= 15 is 0 Å². The van der Waals surface area contributed by atoms with Crippen molar-refractivity contribution in [2.24, 2.45) is 17.8 Å². The number of rotatable bonds is 12. The molecule has 4 heterocycles. The van der Waals surface area contributed by atoms with Crippen molar-refractivity contribution < 1.29 is 29.0 Å². The fourth-order valence-electron chi connectivity index (χ4n) is 7.93. The highest BCUT2D eigenvalue weighted by Crippen LogP contribution is 2.66. The highest BCUT2D eigenvalue weighted by molar-refractivity contribution is 5.99. The minimum Gasteiger partial charge on any atom is -0.394 e. The molecule has 10 heteroatoms. The second-order valence-corrected chi connectivity index (χ2v) is 12.6. The molecular weight excluding hydrogens is 548 g/mol. The fourth-order valence-corrected chi connectivity index (χ4v) is 7.93. The van der Waals surface area contributed by atoms with E-state index in [0.717, 1.165) is 18.7 Å². The number of amides is 3. The van der Waals surface area contributed by atoms with Gasteiger partial charge in [0.2, 0.25) is 17.7 Å². The Morgan fingerprint density at radius 3 is 2.44 bits per heavy atom. The third-order valence-corrected chi connectivity index (χ3v) is 10.2. The Kier molecular flexibility index (Phi) is 9.13.